The number of nitrogens with zero attached hydrogens (tertiary/aromatic N) is 2. The van der Waals surface area contributed by atoms with E-state index >= 15 is 0 Å². The molecule has 6 heteroatoms. The molecule has 1 aromatic heterocycles. The van der Waals surface area contributed by atoms with Crippen molar-refractivity contribution >= 4 is 37.2 Å². The van der Waals surface area contributed by atoms with Crippen LogP contribution in [-0.4, -0.2) is 35.6 Å². The fourth-order valence-electron chi connectivity index (χ4n) is 1.91. The molecule has 1 N–H and O–H groups in total. The second kappa shape index (κ2) is 9.92. The van der Waals surface area contributed by atoms with E-state index in [1.807, 2.05) is 18.5 Å². The predicted octanol–water partition coefficient (Wildman–Crippen LogP) is 2.14. The smallest absolute Gasteiger partial charge is 0.0312 e. The van der Waals surface area contributed by atoms with Crippen LogP contribution in [0.3, 0.4) is 0 Å². The third-order valence-electron chi connectivity index (χ3n) is 2.58. The van der Waals surface area contributed by atoms with Gasteiger partial charge in [-0.25, -0.2) is 0 Å². The molecule has 0 aromatic carbocycles. The van der Waals surface area contributed by atoms with Crippen LogP contribution in [0.5, 0.6) is 0 Å². The summed E-state index contributed by atoms with van der Waals surface area (Å²) in [6.45, 7) is 6.63. The van der Waals surface area contributed by atoms with Gasteiger partial charge in [0.1, 0.15) is 0 Å². The Hall–Kier alpha value is -0.0600. The molecular formula is C11H20Cl3N3. The van der Waals surface area contributed by atoms with Crippen molar-refractivity contribution < 1.29 is 0 Å². The SMILES string of the molecule is CC1CN(Cc2cccnc2)CCN1.Cl.Cl.Cl. The molecule has 0 bridgehead atoms. The number of piperazine rings is 1. The molecule has 0 aliphatic carbocycles. The van der Waals surface area contributed by atoms with E-state index in [2.05, 4.69) is 28.2 Å². The highest BCUT2D eigenvalue weighted by Crippen LogP contribution is 2.05. The van der Waals surface area contributed by atoms with Crippen LogP contribution >= 0.6 is 37.2 Å². The molecule has 0 radical (unpaired) electrons. The minimum absolute atomic E-state index is 0. The zero-order chi connectivity index (χ0) is 9.80. The summed E-state index contributed by atoms with van der Waals surface area (Å²) in [5.41, 5.74) is 1.31. The Balaban J connectivity index is 0. The van der Waals surface area contributed by atoms with Gasteiger partial charge in [0.25, 0.3) is 0 Å². The zero-order valence-electron chi connectivity index (χ0n) is 9.83. The number of halogens is 3. The van der Waals surface area contributed by atoms with E-state index in [-0.39, 0.29) is 37.2 Å². The average molecular weight is 301 g/mol. The lowest BCUT2D eigenvalue weighted by atomic mass is 10.2. The second-order valence-electron chi connectivity index (χ2n) is 3.95. The van der Waals surface area contributed by atoms with Crippen molar-refractivity contribution in [2.24, 2.45) is 0 Å². The number of nitrogens with one attached hydrogen (secondary N) is 1. The first-order valence-corrected chi connectivity index (χ1v) is 5.19. The van der Waals surface area contributed by atoms with E-state index in [1.165, 1.54) is 5.56 Å². The normalized spacial score (nSPS) is 19.5. The van der Waals surface area contributed by atoms with Crippen molar-refractivity contribution in [3.63, 3.8) is 0 Å². The van der Waals surface area contributed by atoms with E-state index in [0.29, 0.717) is 6.04 Å². The quantitative estimate of drug-likeness (QED) is 0.907. The third-order valence-corrected chi connectivity index (χ3v) is 2.58. The largest absolute Gasteiger partial charge is 0.312 e. The molecule has 0 amide bonds. The lowest BCUT2D eigenvalue weighted by Gasteiger charge is -2.31. The first-order chi connectivity index (χ1) is 6.84. The molecule has 1 atom stereocenters. The number of rotatable bonds is 2. The molecule has 1 saturated heterocycles. The van der Waals surface area contributed by atoms with Gasteiger partial charge in [-0.2, -0.15) is 0 Å². The van der Waals surface area contributed by atoms with Crippen LogP contribution in [0.4, 0.5) is 0 Å². The molecule has 1 unspecified atom stereocenters. The Kier molecular flexibility index (Phi) is 11.3. The topological polar surface area (TPSA) is 28.2 Å². The maximum Gasteiger partial charge on any atom is 0.0312 e. The Morgan fingerprint density at radius 2 is 2.18 bits per heavy atom. The monoisotopic (exact) mass is 299 g/mol. The molecule has 100 valence electrons. The fourth-order valence-corrected chi connectivity index (χ4v) is 1.91. The van der Waals surface area contributed by atoms with Crippen molar-refractivity contribution in [1.82, 2.24) is 15.2 Å². The molecule has 1 aliphatic rings. The lowest BCUT2D eigenvalue weighted by molar-refractivity contribution is 0.199. The van der Waals surface area contributed by atoms with Crippen LogP contribution in [0.25, 0.3) is 0 Å². The Labute approximate surface area is 122 Å². The fraction of sp³-hybridized carbons (Fsp3) is 0.545. The van der Waals surface area contributed by atoms with E-state index in [9.17, 15) is 0 Å². The molecule has 2 rings (SSSR count). The third kappa shape index (κ3) is 6.43. The molecule has 17 heavy (non-hydrogen) atoms. The number of aromatic nitrogens is 1. The van der Waals surface area contributed by atoms with Crippen LogP contribution in [0, 0.1) is 0 Å². The second-order valence-corrected chi connectivity index (χ2v) is 3.95. The summed E-state index contributed by atoms with van der Waals surface area (Å²) < 4.78 is 0. The van der Waals surface area contributed by atoms with Crippen molar-refractivity contribution in [2.75, 3.05) is 19.6 Å². The van der Waals surface area contributed by atoms with Crippen molar-refractivity contribution in [3.8, 4) is 0 Å². The highest BCUT2D eigenvalue weighted by molar-refractivity contribution is 5.86. The first-order valence-electron chi connectivity index (χ1n) is 5.19. The standard InChI is InChI=1S/C11H17N3.3ClH/c1-10-8-14(6-5-13-10)9-11-3-2-4-12-7-11;;;/h2-4,7,10,13H,5-6,8-9H2,1H3;3*1H. The van der Waals surface area contributed by atoms with Crippen molar-refractivity contribution in [1.29, 1.82) is 0 Å². The molecule has 2 heterocycles. The zero-order valence-corrected chi connectivity index (χ0v) is 12.3. The van der Waals surface area contributed by atoms with Crippen molar-refractivity contribution in [2.45, 2.75) is 19.5 Å². The molecule has 1 aliphatic heterocycles. The van der Waals surface area contributed by atoms with E-state index in [0.717, 1.165) is 26.2 Å². The summed E-state index contributed by atoms with van der Waals surface area (Å²) in [7, 11) is 0. The van der Waals surface area contributed by atoms with Crippen LogP contribution in [0.1, 0.15) is 12.5 Å². The van der Waals surface area contributed by atoms with Gasteiger partial charge >= 0.3 is 0 Å². The first kappa shape index (κ1) is 19.3. The van der Waals surface area contributed by atoms with Gasteiger partial charge in [-0.15, -0.1) is 37.2 Å². The van der Waals surface area contributed by atoms with Crippen LogP contribution < -0.4 is 5.32 Å². The number of pyridine rings is 1. The molecule has 0 spiro atoms. The highest BCUT2D eigenvalue weighted by atomic mass is 35.5. The van der Waals surface area contributed by atoms with Gasteiger partial charge < -0.3 is 5.32 Å². The maximum atomic E-state index is 4.13. The van der Waals surface area contributed by atoms with Crippen LogP contribution in [0.15, 0.2) is 24.5 Å². The lowest BCUT2D eigenvalue weighted by Crippen LogP contribution is -2.48. The van der Waals surface area contributed by atoms with Gasteiger partial charge in [0.2, 0.25) is 0 Å². The molecular weight excluding hydrogens is 281 g/mol. The summed E-state index contributed by atoms with van der Waals surface area (Å²) in [5, 5.41) is 3.44. The van der Waals surface area contributed by atoms with Gasteiger partial charge in [-0.05, 0) is 18.6 Å². The summed E-state index contributed by atoms with van der Waals surface area (Å²) in [4.78, 5) is 6.60. The summed E-state index contributed by atoms with van der Waals surface area (Å²) in [6, 6.07) is 4.75. The minimum Gasteiger partial charge on any atom is -0.312 e. The Morgan fingerprint density at radius 3 is 2.76 bits per heavy atom. The molecule has 1 aromatic rings. The highest BCUT2D eigenvalue weighted by Gasteiger charge is 2.14. The Morgan fingerprint density at radius 1 is 1.41 bits per heavy atom. The van der Waals surface area contributed by atoms with Crippen molar-refractivity contribution in [3.05, 3.63) is 30.1 Å². The van der Waals surface area contributed by atoms with Gasteiger partial charge in [0.15, 0.2) is 0 Å². The van der Waals surface area contributed by atoms with Gasteiger partial charge in [-0.3, -0.25) is 9.88 Å². The minimum atomic E-state index is 0. The van der Waals surface area contributed by atoms with Crippen LogP contribution in [0.2, 0.25) is 0 Å². The van der Waals surface area contributed by atoms with Crippen LogP contribution in [-0.2, 0) is 6.54 Å². The summed E-state index contributed by atoms with van der Waals surface area (Å²) >= 11 is 0. The van der Waals surface area contributed by atoms with Gasteiger partial charge in [0, 0.05) is 44.6 Å². The van der Waals surface area contributed by atoms with E-state index in [4.69, 9.17) is 0 Å². The van der Waals surface area contributed by atoms with Gasteiger partial charge in [0.05, 0.1) is 0 Å². The average Bonchev–Trinajstić information content (AvgIpc) is 2.19. The predicted molar refractivity (Wildman–Crippen MR) is 78.7 cm³/mol. The maximum absolute atomic E-state index is 4.13. The summed E-state index contributed by atoms with van der Waals surface area (Å²) in [6.07, 6.45) is 3.77. The van der Waals surface area contributed by atoms with Gasteiger partial charge in [-0.1, -0.05) is 6.07 Å². The van der Waals surface area contributed by atoms with E-state index < -0.39 is 0 Å². The molecule has 0 saturated carbocycles. The van der Waals surface area contributed by atoms with E-state index in [1.54, 1.807) is 0 Å². The number of hydrogen-bond donors (Lipinski definition) is 1. The molecule has 1 fully saturated rings. The Bertz CT molecular complexity index is 285. The number of hydrogen-bond acceptors (Lipinski definition) is 3. The molecule has 3 nitrogen and oxygen atoms in total. The summed E-state index contributed by atoms with van der Waals surface area (Å²) in [5.74, 6) is 0.